The summed E-state index contributed by atoms with van der Waals surface area (Å²) in [5.41, 5.74) is 10.7. The van der Waals surface area contributed by atoms with Crippen LogP contribution in [0.3, 0.4) is 0 Å². The van der Waals surface area contributed by atoms with E-state index in [-0.39, 0.29) is 11.8 Å². The number of rotatable bonds is 15. The Morgan fingerprint density at radius 2 is 1.70 bits per heavy atom. The van der Waals surface area contributed by atoms with Crippen molar-refractivity contribution < 1.29 is 4.79 Å². The van der Waals surface area contributed by atoms with Gasteiger partial charge in [-0.05, 0) is 70.3 Å². The quantitative estimate of drug-likeness (QED) is 0.250. The molecule has 1 aliphatic carbocycles. The molecule has 4 N–H and O–H groups in total. The molecule has 1 atom stereocenters. The number of Topliss-reactive ketones (excluding diaryl/α,β-unsaturated/α-hetero) is 1. The molecule has 198 valence electrons. The molecule has 0 spiro atoms. The van der Waals surface area contributed by atoms with Gasteiger partial charge in [-0.15, -0.1) is 0 Å². The van der Waals surface area contributed by atoms with Gasteiger partial charge >= 0.3 is 0 Å². The van der Waals surface area contributed by atoms with E-state index in [1.54, 1.807) is 12.4 Å². The average molecular weight is 504 g/mol. The predicted molar refractivity (Wildman–Crippen MR) is 148 cm³/mol. The Kier molecular flexibility index (Phi) is 9.30. The Balaban J connectivity index is 1.45. The number of hydrogen-bond donors (Lipinski definition) is 3. The van der Waals surface area contributed by atoms with Crippen molar-refractivity contribution >= 4 is 11.5 Å². The van der Waals surface area contributed by atoms with Crippen LogP contribution in [0.15, 0.2) is 48.6 Å². The van der Waals surface area contributed by atoms with E-state index in [1.165, 1.54) is 12.8 Å². The highest BCUT2D eigenvalue weighted by Gasteiger charge is 2.28. The fourth-order valence-electron chi connectivity index (χ4n) is 5.23. The van der Waals surface area contributed by atoms with Crippen molar-refractivity contribution in [1.29, 1.82) is 0 Å². The first-order chi connectivity index (χ1) is 18.0. The second-order valence-electron chi connectivity index (χ2n) is 9.99. The van der Waals surface area contributed by atoms with Crippen molar-refractivity contribution in [3.05, 3.63) is 76.9 Å². The van der Waals surface area contributed by atoms with Gasteiger partial charge in [0.25, 0.3) is 0 Å². The van der Waals surface area contributed by atoms with Gasteiger partial charge < -0.3 is 20.6 Å². The van der Waals surface area contributed by atoms with Crippen LogP contribution in [0.2, 0.25) is 0 Å². The lowest BCUT2D eigenvalue weighted by atomic mass is 10.0. The molecular weight excluding hydrogens is 462 g/mol. The number of unbranched alkanes of at least 4 members (excludes halogenated alkanes) is 1. The summed E-state index contributed by atoms with van der Waals surface area (Å²) in [5, 5.41) is 0. The fourth-order valence-corrected chi connectivity index (χ4v) is 5.23. The van der Waals surface area contributed by atoms with Gasteiger partial charge in [-0.1, -0.05) is 26.0 Å². The van der Waals surface area contributed by atoms with E-state index in [0.29, 0.717) is 18.8 Å². The molecule has 0 aliphatic heterocycles. The molecule has 0 saturated carbocycles. The number of nitrogens with zero attached hydrogens (tertiary/aromatic N) is 4. The Morgan fingerprint density at radius 1 is 0.946 bits per heavy atom. The maximum atomic E-state index is 13.2. The summed E-state index contributed by atoms with van der Waals surface area (Å²) in [6, 6.07) is 6.13. The molecule has 2 aromatic heterocycles. The molecular formula is C29H41N7O. The molecule has 8 heteroatoms. The first kappa shape index (κ1) is 26.8. The molecule has 1 aliphatic rings. The van der Waals surface area contributed by atoms with Crippen LogP contribution in [-0.2, 0) is 13.1 Å². The summed E-state index contributed by atoms with van der Waals surface area (Å²) in [7, 11) is 0. The number of allylic oxidation sites excluding steroid dienone is 1. The molecule has 1 aromatic carbocycles. The van der Waals surface area contributed by atoms with E-state index in [2.05, 4.69) is 56.6 Å². The maximum Gasteiger partial charge on any atom is 0.191 e. The van der Waals surface area contributed by atoms with E-state index < -0.39 is 0 Å². The zero-order valence-corrected chi connectivity index (χ0v) is 22.5. The number of nitrogens with two attached hydrogens (primary N) is 1. The van der Waals surface area contributed by atoms with E-state index in [4.69, 9.17) is 5.73 Å². The highest BCUT2D eigenvalue weighted by molar-refractivity contribution is 6.20. The lowest BCUT2D eigenvalue weighted by molar-refractivity contribution is 0.103. The molecule has 0 radical (unpaired) electrons. The molecule has 4 rings (SSSR count). The van der Waals surface area contributed by atoms with E-state index in [0.717, 1.165) is 72.8 Å². The van der Waals surface area contributed by atoms with Crippen molar-refractivity contribution in [2.24, 2.45) is 5.73 Å². The van der Waals surface area contributed by atoms with Crippen molar-refractivity contribution in [3.8, 4) is 0 Å². The number of aromatic nitrogens is 4. The minimum Gasteiger partial charge on any atom is -0.398 e. The number of aromatic amines is 2. The molecule has 0 saturated heterocycles. The van der Waals surface area contributed by atoms with E-state index >= 15 is 0 Å². The third kappa shape index (κ3) is 6.56. The van der Waals surface area contributed by atoms with Gasteiger partial charge in [-0.3, -0.25) is 9.69 Å². The van der Waals surface area contributed by atoms with E-state index in [1.807, 2.05) is 24.5 Å². The largest absolute Gasteiger partial charge is 0.398 e. The minimum absolute atomic E-state index is 0.0541. The van der Waals surface area contributed by atoms with E-state index in [9.17, 15) is 4.79 Å². The third-order valence-electron chi connectivity index (χ3n) is 7.20. The monoisotopic (exact) mass is 503 g/mol. The molecule has 37 heavy (non-hydrogen) atoms. The van der Waals surface area contributed by atoms with Crippen LogP contribution in [0.4, 0.5) is 0 Å². The van der Waals surface area contributed by atoms with Gasteiger partial charge in [0, 0.05) is 53.7 Å². The number of carbonyl (C=O) groups is 1. The normalized spacial score (nSPS) is 14.2. The average Bonchev–Trinajstić information content (AvgIpc) is 3.65. The van der Waals surface area contributed by atoms with Crippen molar-refractivity contribution in [1.82, 2.24) is 29.7 Å². The van der Waals surface area contributed by atoms with Crippen molar-refractivity contribution in [2.75, 3.05) is 19.6 Å². The van der Waals surface area contributed by atoms with Crippen LogP contribution < -0.4 is 5.73 Å². The number of imidazole rings is 2. The molecule has 0 bridgehead atoms. The summed E-state index contributed by atoms with van der Waals surface area (Å²) < 4.78 is 0. The predicted octanol–water partition coefficient (Wildman–Crippen LogP) is 5.05. The van der Waals surface area contributed by atoms with Crippen LogP contribution in [0.25, 0.3) is 5.70 Å². The number of H-pyrrole nitrogens is 2. The summed E-state index contributed by atoms with van der Waals surface area (Å²) >= 11 is 0. The number of ketones is 1. The summed E-state index contributed by atoms with van der Waals surface area (Å²) in [6.07, 6.45) is 12.4. The second kappa shape index (κ2) is 12.8. The van der Waals surface area contributed by atoms with Crippen LogP contribution in [0.5, 0.6) is 0 Å². The maximum absolute atomic E-state index is 13.2. The zero-order valence-electron chi connectivity index (χ0n) is 22.5. The van der Waals surface area contributed by atoms with Gasteiger partial charge in [0.15, 0.2) is 5.78 Å². The first-order valence-corrected chi connectivity index (χ1v) is 13.6. The molecule has 0 fully saturated rings. The minimum atomic E-state index is 0.0541. The van der Waals surface area contributed by atoms with Gasteiger partial charge in [-0.25, -0.2) is 9.97 Å². The topological polar surface area (TPSA) is 107 Å². The third-order valence-corrected chi connectivity index (χ3v) is 7.20. The molecule has 1 unspecified atom stereocenters. The van der Waals surface area contributed by atoms with Gasteiger partial charge in [0.05, 0.1) is 12.6 Å². The molecule has 0 amide bonds. The Hall–Kier alpha value is -3.23. The number of benzene rings is 1. The van der Waals surface area contributed by atoms with Crippen molar-refractivity contribution in [3.63, 3.8) is 0 Å². The fraction of sp³-hybridized carbons (Fsp3) is 0.483. The SMILES string of the molecule is CCCN(CCC)CCCCC1=C(N)c2cc(CN(Cc3ncc[nH]3)C(C)c3ncc[nH]3)ccc2C1=O. The molecule has 8 nitrogen and oxygen atoms in total. The molecule has 3 aromatic rings. The smallest absolute Gasteiger partial charge is 0.191 e. The summed E-state index contributed by atoms with van der Waals surface area (Å²) in [6.45, 7) is 11.3. The van der Waals surface area contributed by atoms with Crippen LogP contribution in [0, 0.1) is 0 Å². The lowest BCUT2D eigenvalue weighted by Gasteiger charge is -2.27. The van der Waals surface area contributed by atoms with Crippen molar-refractivity contribution in [2.45, 2.75) is 72.0 Å². The Morgan fingerprint density at radius 3 is 2.38 bits per heavy atom. The summed E-state index contributed by atoms with van der Waals surface area (Å²) in [4.78, 5) is 33.3. The number of hydrogen-bond acceptors (Lipinski definition) is 6. The number of carbonyl (C=O) groups excluding carboxylic acids is 1. The number of nitrogens with one attached hydrogen (secondary N) is 2. The highest BCUT2D eigenvalue weighted by atomic mass is 16.1. The number of fused-ring (bicyclic) bond motifs is 1. The highest BCUT2D eigenvalue weighted by Crippen LogP contribution is 2.34. The standard InChI is InChI=1S/C29H41N7O/c1-4-15-35(16-5-2)17-7-6-8-24-27(30)25-18-22(9-10-23(25)28(24)37)19-36(20-26-31-11-12-32-26)21(3)29-33-13-14-34-29/h9-14,18,21H,4-8,15-17,19-20,30H2,1-3H3,(H,31,32)(H,33,34). The van der Waals surface area contributed by atoms with Crippen LogP contribution in [-0.4, -0.2) is 55.2 Å². The Bertz CT molecular complexity index is 1160. The van der Waals surface area contributed by atoms with Gasteiger partial charge in [0.2, 0.25) is 0 Å². The van der Waals surface area contributed by atoms with Gasteiger partial charge in [-0.2, -0.15) is 0 Å². The second-order valence-corrected chi connectivity index (χ2v) is 9.99. The Labute approximate surface area is 220 Å². The lowest BCUT2D eigenvalue weighted by Crippen LogP contribution is -2.27. The van der Waals surface area contributed by atoms with Crippen LogP contribution in [0.1, 0.15) is 92.1 Å². The molecule has 2 heterocycles. The van der Waals surface area contributed by atoms with Gasteiger partial charge in [0.1, 0.15) is 11.6 Å². The summed E-state index contributed by atoms with van der Waals surface area (Å²) in [5.74, 6) is 1.89. The van der Waals surface area contributed by atoms with Crippen LogP contribution >= 0.6 is 0 Å². The zero-order chi connectivity index (χ0) is 26.2. The first-order valence-electron chi connectivity index (χ1n) is 13.6.